The molecule has 4 nitrogen and oxygen atoms in total. The Morgan fingerprint density at radius 1 is 1.00 bits per heavy atom. The van der Waals surface area contributed by atoms with Crippen molar-refractivity contribution in [3.8, 4) is 0 Å². The van der Waals surface area contributed by atoms with Gasteiger partial charge >= 0.3 is 0 Å². The normalized spacial score (nSPS) is 23.7. The fourth-order valence-corrected chi connectivity index (χ4v) is 4.51. The van der Waals surface area contributed by atoms with Crippen molar-refractivity contribution in [2.75, 3.05) is 13.2 Å². The van der Waals surface area contributed by atoms with Crippen LogP contribution < -0.4 is 4.72 Å². The van der Waals surface area contributed by atoms with Crippen LogP contribution in [0.1, 0.15) is 56.4 Å². The standard InChI is InChI=1S/C17H25NO3S/c19-22(20,18-13-16-7-4-12-21-16)17-10-8-15(9-11-17)14-5-2-1-3-6-14/h8-11,14,16,18H,1-7,12-13H2/t16-/m0/s1. The van der Waals surface area contributed by atoms with Crippen LogP contribution in [-0.4, -0.2) is 27.7 Å². The lowest BCUT2D eigenvalue weighted by Crippen LogP contribution is -2.31. The minimum atomic E-state index is -3.43. The molecule has 0 radical (unpaired) electrons. The lowest BCUT2D eigenvalue weighted by atomic mass is 9.84. The van der Waals surface area contributed by atoms with Crippen molar-refractivity contribution >= 4 is 10.0 Å². The van der Waals surface area contributed by atoms with Crippen LogP contribution in [0.15, 0.2) is 29.2 Å². The second kappa shape index (κ2) is 7.11. The van der Waals surface area contributed by atoms with E-state index in [0.717, 1.165) is 19.4 Å². The minimum Gasteiger partial charge on any atom is -0.377 e. The Hall–Kier alpha value is -0.910. The highest BCUT2D eigenvalue weighted by Gasteiger charge is 2.21. The summed E-state index contributed by atoms with van der Waals surface area (Å²) in [5.74, 6) is 0.602. The molecular formula is C17H25NO3S. The lowest BCUT2D eigenvalue weighted by Gasteiger charge is -2.22. The molecule has 22 heavy (non-hydrogen) atoms. The van der Waals surface area contributed by atoms with E-state index in [9.17, 15) is 8.42 Å². The van der Waals surface area contributed by atoms with E-state index in [0.29, 0.717) is 17.4 Å². The van der Waals surface area contributed by atoms with E-state index < -0.39 is 10.0 Å². The Kier molecular flexibility index (Phi) is 5.16. The van der Waals surface area contributed by atoms with Crippen LogP contribution in [0.5, 0.6) is 0 Å². The smallest absolute Gasteiger partial charge is 0.240 e. The molecule has 0 amide bonds. The maximum Gasteiger partial charge on any atom is 0.240 e. The van der Waals surface area contributed by atoms with Gasteiger partial charge in [0, 0.05) is 13.2 Å². The first-order valence-corrected chi connectivity index (χ1v) is 9.85. The number of nitrogens with one attached hydrogen (secondary N) is 1. The van der Waals surface area contributed by atoms with Crippen LogP contribution >= 0.6 is 0 Å². The van der Waals surface area contributed by atoms with Crippen molar-refractivity contribution in [1.29, 1.82) is 0 Å². The average Bonchev–Trinajstić information content (AvgIpc) is 3.08. The monoisotopic (exact) mass is 323 g/mol. The maximum atomic E-state index is 12.3. The van der Waals surface area contributed by atoms with E-state index in [1.807, 2.05) is 12.1 Å². The van der Waals surface area contributed by atoms with Crippen LogP contribution in [0.4, 0.5) is 0 Å². The SMILES string of the molecule is O=S(=O)(NC[C@@H]1CCCO1)c1ccc(C2CCCCC2)cc1. The van der Waals surface area contributed by atoms with Crippen molar-refractivity contribution in [3.63, 3.8) is 0 Å². The highest BCUT2D eigenvalue weighted by atomic mass is 32.2. The van der Waals surface area contributed by atoms with Crippen molar-refractivity contribution in [1.82, 2.24) is 4.72 Å². The second-order valence-electron chi connectivity index (χ2n) is 6.39. The molecule has 3 rings (SSSR count). The number of benzene rings is 1. The molecule has 0 spiro atoms. The van der Waals surface area contributed by atoms with E-state index >= 15 is 0 Å². The highest BCUT2D eigenvalue weighted by molar-refractivity contribution is 7.89. The second-order valence-corrected chi connectivity index (χ2v) is 8.16. The van der Waals surface area contributed by atoms with Gasteiger partial charge in [-0.05, 0) is 49.3 Å². The summed E-state index contributed by atoms with van der Waals surface area (Å²) in [6.07, 6.45) is 8.33. The van der Waals surface area contributed by atoms with Gasteiger partial charge in [0.2, 0.25) is 10.0 Å². The van der Waals surface area contributed by atoms with Gasteiger partial charge in [-0.25, -0.2) is 13.1 Å². The summed E-state index contributed by atoms with van der Waals surface area (Å²) >= 11 is 0. The van der Waals surface area contributed by atoms with Gasteiger partial charge in [-0.15, -0.1) is 0 Å². The van der Waals surface area contributed by atoms with Gasteiger partial charge in [-0.3, -0.25) is 0 Å². The van der Waals surface area contributed by atoms with E-state index in [4.69, 9.17) is 4.74 Å². The molecule has 1 aliphatic carbocycles. The molecule has 0 bridgehead atoms. The van der Waals surface area contributed by atoms with Crippen molar-refractivity contribution in [2.45, 2.75) is 61.9 Å². The molecule has 0 aromatic heterocycles. The summed E-state index contributed by atoms with van der Waals surface area (Å²) in [5.41, 5.74) is 1.28. The van der Waals surface area contributed by atoms with Crippen molar-refractivity contribution in [3.05, 3.63) is 29.8 Å². The summed E-state index contributed by atoms with van der Waals surface area (Å²) in [4.78, 5) is 0.352. The zero-order valence-electron chi connectivity index (χ0n) is 13.0. The lowest BCUT2D eigenvalue weighted by molar-refractivity contribution is 0.114. The molecule has 1 aromatic carbocycles. The molecule has 5 heteroatoms. The molecule has 0 unspecified atom stereocenters. The third-order valence-electron chi connectivity index (χ3n) is 4.79. The van der Waals surface area contributed by atoms with Crippen LogP contribution in [0.3, 0.4) is 0 Å². The maximum absolute atomic E-state index is 12.3. The first-order chi connectivity index (χ1) is 10.6. The molecule has 122 valence electrons. The average molecular weight is 323 g/mol. The third kappa shape index (κ3) is 3.89. The largest absolute Gasteiger partial charge is 0.377 e. The Balaban J connectivity index is 1.62. The number of sulfonamides is 1. The Morgan fingerprint density at radius 3 is 2.36 bits per heavy atom. The fraction of sp³-hybridized carbons (Fsp3) is 0.647. The predicted molar refractivity (Wildman–Crippen MR) is 86.4 cm³/mol. The van der Waals surface area contributed by atoms with Gasteiger partial charge in [-0.1, -0.05) is 31.4 Å². The predicted octanol–water partition coefficient (Wildman–Crippen LogP) is 3.19. The summed E-state index contributed by atoms with van der Waals surface area (Å²) < 4.78 is 32.7. The molecule has 1 atom stereocenters. The van der Waals surface area contributed by atoms with Gasteiger partial charge < -0.3 is 4.74 Å². The van der Waals surface area contributed by atoms with Crippen LogP contribution in [0.25, 0.3) is 0 Å². The van der Waals surface area contributed by atoms with Crippen LogP contribution in [0.2, 0.25) is 0 Å². The first kappa shape index (κ1) is 16.0. The summed E-state index contributed by atoms with van der Waals surface area (Å²) in [6.45, 7) is 1.11. The van der Waals surface area contributed by atoms with E-state index in [-0.39, 0.29) is 6.10 Å². The Bertz CT molecular complexity index is 570. The molecule has 1 saturated carbocycles. The number of hydrogen-bond acceptors (Lipinski definition) is 3. The summed E-state index contributed by atoms with van der Waals surface area (Å²) in [7, 11) is -3.43. The summed E-state index contributed by atoms with van der Waals surface area (Å²) in [5, 5.41) is 0. The van der Waals surface area contributed by atoms with Gasteiger partial charge in [0.05, 0.1) is 11.0 Å². The molecule has 2 fully saturated rings. The molecule has 1 aromatic rings. The Morgan fingerprint density at radius 2 is 1.73 bits per heavy atom. The quantitative estimate of drug-likeness (QED) is 0.905. The Labute approximate surface area is 133 Å². The molecule has 1 heterocycles. The molecule has 2 aliphatic rings. The zero-order chi connectivity index (χ0) is 15.4. The van der Waals surface area contributed by atoms with Crippen molar-refractivity contribution < 1.29 is 13.2 Å². The van der Waals surface area contributed by atoms with Crippen molar-refractivity contribution in [2.24, 2.45) is 0 Å². The summed E-state index contributed by atoms with van der Waals surface area (Å²) in [6, 6.07) is 7.44. The van der Waals surface area contributed by atoms with Crippen LogP contribution in [-0.2, 0) is 14.8 Å². The van der Waals surface area contributed by atoms with Gasteiger partial charge in [-0.2, -0.15) is 0 Å². The molecule has 1 N–H and O–H groups in total. The van der Waals surface area contributed by atoms with Gasteiger partial charge in [0.25, 0.3) is 0 Å². The van der Waals surface area contributed by atoms with E-state index in [1.165, 1.54) is 37.7 Å². The fourth-order valence-electron chi connectivity index (χ4n) is 3.45. The zero-order valence-corrected chi connectivity index (χ0v) is 13.8. The molecule has 1 aliphatic heterocycles. The molecular weight excluding hydrogens is 298 g/mol. The van der Waals surface area contributed by atoms with Gasteiger partial charge in [0.15, 0.2) is 0 Å². The van der Waals surface area contributed by atoms with E-state index in [2.05, 4.69) is 4.72 Å². The van der Waals surface area contributed by atoms with Crippen LogP contribution in [0, 0.1) is 0 Å². The van der Waals surface area contributed by atoms with E-state index in [1.54, 1.807) is 12.1 Å². The topological polar surface area (TPSA) is 55.4 Å². The van der Waals surface area contributed by atoms with Gasteiger partial charge in [0.1, 0.15) is 0 Å². The first-order valence-electron chi connectivity index (χ1n) is 8.36. The number of rotatable bonds is 5. The molecule has 1 saturated heterocycles. The number of hydrogen-bond donors (Lipinski definition) is 1. The minimum absolute atomic E-state index is 0.0243. The third-order valence-corrected chi connectivity index (χ3v) is 6.23. The number of ether oxygens (including phenoxy) is 1. The highest BCUT2D eigenvalue weighted by Crippen LogP contribution is 2.32.